The van der Waals surface area contributed by atoms with Crippen molar-refractivity contribution in [3.05, 3.63) is 70.6 Å². The van der Waals surface area contributed by atoms with Crippen molar-refractivity contribution < 1.29 is 9.32 Å². The fraction of sp³-hybridized carbons (Fsp3) is 0.250. The molecule has 1 saturated heterocycles. The highest BCUT2D eigenvalue weighted by Gasteiger charge is 2.34. The Morgan fingerprint density at radius 2 is 2.08 bits per heavy atom. The predicted molar refractivity (Wildman–Crippen MR) is 98.9 cm³/mol. The number of carbonyl (C=O) groups excluding carboxylic acids is 1. The topological polar surface area (TPSA) is 59.2 Å². The molecular weight excluding hydrogens is 350 g/mol. The zero-order valence-corrected chi connectivity index (χ0v) is 15.1. The van der Waals surface area contributed by atoms with E-state index in [0.29, 0.717) is 28.8 Å². The van der Waals surface area contributed by atoms with Crippen LogP contribution in [0.15, 0.2) is 53.1 Å². The average molecular weight is 368 g/mol. The Hall–Kier alpha value is -2.66. The van der Waals surface area contributed by atoms with Crippen molar-refractivity contribution in [3.8, 4) is 11.4 Å². The van der Waals surface area contributed by atoms with E-state index in [1.165, 1.54) is 0 Å². The van der Waals surface area contributed by atoms with E-state index in [-0.39, 0.29) is 11.9 Å². The van der Waals surface area contributed by atoms with Crippen molar-refractivity contribution in [2.45, 2.75) is 25.8 Å². The molecule has 1 aliphatic rings. The molecule has 1 aromatic heterocycles. The lowest BCUT2D eigenvalue weighted by atomic mass is 10.1. The molecule has 0 aliphatic carbocycles. The number of amides is 1. The molecule has 0 spiro atoms. The molecule has 0 radical (unpaired) electrons. The van der Waals surface area contributed by atoms with E-state index >= 15 is 0 Å². The minimum Gasteiger partial charge on any atom is -0.337 e. The number of halogens is 1. The molecule has 132 valence electrons. The number of aromatic nitrogens is 2. The Labute approximate surface area is 156 Å². The number of hydrogen-bond donors (Lipinski definition) is 0. The molecule has 6 heteroatoms. The van der Waals surface area contributed by atoms with Gasteiger partial charge in [-0.05, 0) is 44.0 Å². The molecule has 2 heterocycles. The molecule has 4 rings (SSSR count). The van der Waals surface area contributed by atoms with Gasteiger partial charge in [0.15, 0.2) is 0 Å². The molecule has 0 bridgehead atoms. The highest BCUT2D eigenvalue weighted by atomic mass is 35.5. The van der Waals surface area contributed by atoms with Crippen LogP contribution in [0.5, 0.6) is 0 Å². The van der Waals surface area contributed by atoms with Gasteiger partial charge >= 0.3 is 0 Å². The zero-order valence-electron chi connectivity index (χ0n) is 14.4. The van der Waals surface area contributed by atoms with Crippen LogP contribution in [-0.4, -0.2) is 27.5 Å². The summed E-state index contributed by atoms with van der Waals surface area (Å²) in [7, 11) is 0. The van der Waals surface area contributed by atoms with Gasteiger partial charge in [0, 0.05) is 17.7 Å². The lowest BCUT2D eigenvalue weighted by Crippen LogP contribution is -2.30. The molecule has 1 fully saturated rings. The Morgan fingerprint density at radius 3 is 2.88 bits per heavy atom. The van der Waals surface area contributed by atoms with Gasteiger partial charge in [0.2, 0.25) is 11.7 Å². The first-order chi connectivity index (χ1) is 12.6. The number of likely N-dealkylation sites (tertiary alicyclic amines) is 1. The highest BCUT2D eigenvalue weighted by Crippen LogP contribution is 2.34. The van der Waals surface area contributed by atoms with Crippen molar-refractivity contribution in [3.63, 3.8) is 0 Å². The zero-order chi connectivity index (χ0) is 18.1. The number of rotatable bonds is 3. The summed E-state index contributed by atoms with van der Waals surface area (Å²) in [6.45, 7) is 2.66. The summed E-state index contributed by atoms with van der Waals surface area (Å²) < 4.78 is 5.48. The van der Waals surface area contributed by atoms with Gasteiger partial charge in [-0.1, -0.05) is 46.6 Å². The SMILES string of the molecule is Cc1cccc(C(=O)N2CCC[C@@H]2c2nc(-c3ccccc3Cl)no2)c1. The van der Waals surface area contributed by atoms with Crippen molar-refractivity contribution in [1.29, 1.82) is 0 Å². The maximum Gasteiger partial charge on any atom is 0.254 e. The molecule has 1 atom stereocenters. The first-order valence-corrected chi connectivity index (χ1v) is 8.97. The minimum atomic E-state index is -0.202. The third-order valence-electron chi connectivity index (χ3n) is 4.62. The predicted octanol–water partition coefficient (Wildman–Crippen LogP) is 4.68. The van der Waals surface area contributed by atoms with E-state index in [0.717, 1.165) is 24.0 Å². The molecule has 1 aliphatic heterocycles. The van der Waals surface area contributed by atoms with E-state index < -0.39 is 0 Å². The largest absolute Gasteiger partial charge is 0.337 e. The number of hydrogen-bond acceptors (Lipinski definition) is 4. The van der Waals surface area contributed by atoms with Crippen molar-refractivity contribution in [2.75, 3.05) is 6.54 Å². The second-order valence-electron chi connectivity index (χ2n) is 6.46. The van der Waals surface area contributed by atoms with E-state index in [4.69, 9.17) is 16.1 Å². The minimum absolute atomic E-state index is 0.00584. The fourth-order valence-corrected chi connectivity index (χ4v) is 3.55. The standard InChI is InChI=1S/C20H18ClN3O2/c1-13-6-4-7-14(12-13)20(25)24-11-5-10-17(24)19-22-18(23-26-19)15-8-2-3-9-16(15)21/h2-4,6-9,12,17H,5,10-11H2,1H3/t17-/m1/s1. The molecule has 2 aromatic carbocycles. The molecule has 5 nitrogen and oxygen atoms in total. The van der Waals surface area contributed by atoms with Gasteiger partial charge < -0.3 is 9.42 Å². The Morgan fingerprint density at radius 1 is 1.23 bits per heavy atom. The maximum absolute atomic E-state index is 12.9. The van der Waals surface area contributed by atoms with E-state index in [1.807, 2.05) is 54.3 Å². The van der Waals surface area contributed by atoms with E-state index in [9.17, 15) is 4.79 Å². The van der Waals surface area contributed by atoms with Gasteiger partial charge in [0.05, 0.1) is 5.02 Å². The fourth-order valence-electron chi connectivity index (χ4n) is 3.33. The van der Waals surface area contributed by atoms with Gasteiger partial charge in [0.1, 0.15) is 6.04 Å². The molecule has 26 heavy (non-hydrogen) atoms. The van der Waals surface area contributed by atoms with Gasteiger partial charge in [-0.2, -0.15) is 4.98 Å². The number of benzene rings is 2. The molecule has 0 unspecified atom stereocenters. The molecule has 3 aromatic rings. The summed E-state index contributed by atoms with van der Waals surface area (Å²) in [5.41, 5.74) is 2.46. The summed E-state index contributed by atoms with van der Waals surface area (Å²) in [6, 6.07) is 14.8. The van der Waals surface area contributed by atoms with Crippen molar-refractivity contribution in [1.82, 2.24) is 15.0 Å². The van der Waals surface area contributed by atoms with E-state index in [1.54, 1.807) is 6.07 Å². The molecular formula is C20H18ClN3O2. The van der Waals surface area contributed by atoms with Crippen LogP contribution in [-0.2, 0) is 0 Å². The third-order valence-corrected chi connectivity index (χ3v) is 4.95. The van der Waals surface area contributed by atoms with Crippen LogP contribution >= 0.6 is 11.6 Å². The molecule has 1 amide bonds. The van der Waals surface area contributed by atoms with Crippen LogP contribution < -0.4 is 0 Å². The van der Waals surface area contributed by atoms with Crippen LogP contribution in [0.4, 0.5) is 0 Å². The van der Waals surface area contributed by atoms with Gasteiger partial charge in [0.25, 0.3) is 5.91 Å². The third kappa shape index (κ3) is 3.10. The monoisotopic (exact) mass is 367 g/mol. The Balaban J connectivity index is 1.61. The smallest absolute Gasteiger partial charge is 0.254 e. The maximum atomic E-state index is 12.9. The lowest BCUT2D eigenvalue weighted by molar-refractivity contribution is 0.0710. The van der Waals surface area contributed by atoms with Crippen LogP contribution in [0.25, 0.3) is 11.4 Å². The van der Waals surface area contributed by atoms with Crippen molar-refractivity contribution in [2.24, 2.45) is 0 Å². The Kier molecular flexibility index (Phi) is 4.47. The lowest BCUT2D eigenvalue weighted by Gasteiger charge is -2.22. The second kappa shape index (κ2) is 6.92. The number of carbonyl (C=O) groups is 1. The van der Waals surface area contributed by atoms with Crippen molar-refractivity contribution >= 4 is 17.5 Å². The summed E-state index contributed by atoms with van der Waals surface area (Å²) in [6.07, 6.45) is 1.72. The highest BCUT2D eigenvalue weighted by molar-refractivity contribution is 6.33. The number of nitrogens with zero attached hydrogens (tertiary/aromatic N) is 3. The summed E-state index contributed by atoms with van der Waals surface area (Å²) in [5.74, 6) is 0.896. The van der Waals surface area contributed by atoms with Crippen LogP contribution in [0.3, 0.4) is 0 Å². The first kappa shape index (κ1) is 16.8. The summed E-state index contributed by atoms with van der Waals surface area (Å²) in [5, 5.41) is 4.63. The first-order valence-electron chi connectivity index (χ1n) is 8.59. The second-order valence-corrected chi connectivity index (χ2v) is 6.87. The normalized spacial score (nSPS) is 16.8. The van der Waals surface area contributed by atoms with Gasteiger partial charge in [-0.25, -0.2) is 0 Å². The Bertz CT molecular complexity index is 953. The van der Waals surface area contributed by atoms with Gasteiger partial charge in [-0.15, -0.1) is 0 Å². The van der Waals surface area contributed by atoms with Gasteiger partial charge in [-0.3, -0.25) is 4.79 Å². The van der Waals surface area contributed by atoms with Crippen LogP contribution in [0.2, 0.25) is 5.02 Å². The quantitative estimate of drug-likeness (QED) is 0.674. The van der Waals surface area contributed by atoms with E-state index in [2.05, 4.69) is 10.1 Å². The van der Waals surface area contributed by atoms with Crippen LogP contribution in [0.1, 0.15) is 40.7 Å². The molecule has 0 N–H and O–H groups in total. The summed E-state index contributed by atoms with van der Waals surface area (Å²) in [4.78, 5) is 19.3. The number of aryl methyl sites for hydroxylation is 1. The van der Waals surface area contributed by atoms with Crippen LogP contribution in [0, 0.1) is 6.92 Å². The summed E-state index contributed by atoms with van der Waals surface area (Å²) >= 11 is 6.22. The molecule has 0 saturated carbocycles. The average Bonchev–Trinajstić information content (AvgIpc) is 3.30.